The Bertz CT molecular complexity index is 1260. The van der Waals surface area contributed by atoms with Gasteiger partial charge in [-0.2, -0.15) is 0 Å². The topological polar surface area (TPSA) is 56.2 Å². The van der Waals surface area contributed by atoms with E-state index in [9.17, 15) is 4.79 Å². The van der Waals surface area contributed by atoms with E-state index >= 15 is 0 Å². The summed E-state index contributed by atoms with van der Waals surface area (Å²) in [5.41, 5.74) is 9.46. The lowest BCUT2D eigenvalue weighted by Gasteiger charge is -2.07. The monoisotopic (exact) mass is 455 g/mol. The smallest absolute Gasteiger partial charge is 0.231 e. The summed E-state index contributed by atoms with van der Waals surface area (Å²) in [6.07, 6.45) is 0. The minimum atomic E-state index is -0.373. The lowest BCUT2D eigenvalue weighted by Crippen LogP contribution is -2.03. The van der Waals surface area contributed by atoms with E-state index in [0.717, 1.165) is 11.1 Å². The van der Waals surface area contributed by atoms with Gasteiger partial charge in [0, 0.05) is 26.1 Å². The third-order valence-electron chi connectivity index (χ3n) is 4.65. The standard InChI is InChI=1S/C24H19Cl2NO2S/c1-13(2)30-17-5-3-4-14(10-17)15-6-8-19-21(11-15)29-24(22(19)27)23(28)18-9-7-16(25)12-20(18)26/h3-13H,27H2,1-2H3. The van der Waals surface area contributed by atoms with Crippen LogP contribution in [0.4, 0.5) is 5.69 Å². The van der Waals surface area contributed by atoms with E-state index < -0.39 is 0 Å². The molecule has 3 aromatic carbocycles. The van der Waals surface area contributed by atoms with Gasteiger partial charge in [0.05, 0.1) is 10.7 Å². The Morgan fingerprint density at radius 2 is 1.77 bits per heavy atom. The molecule has 0 fully saturated rings. The van der Waals surface area contributed by atoms with Gasteiger partial charge in [-0.05, 0) is 53.6 Å². The van der Waals surface area contributed by atoms with Crippen molar-refractivity contribution < 1.29 is 9.21 Å². The van der Waals surface area contributed by atoms with Crippen LogP contribution in [0.15, 0.2) is 70.0 Å². The number of hydrogen-bond acceptors (Lipinski definition) is 4. The second kappa shape index (κ2) is 8.38. The first-order valence-corrected chi connectivity index (χ1v) is 11.1. The van der Waals surface area contributed by atoms with Crippen LogP contribution in [0.3, 0.4) is 0 Å². The molecule has 0 aliphatic carbocycles. The van der Waals surface area contributed by atoms with Crippen molar-refractivity contribution in [3.05, 3.63) is 82.0 Å². The molecule has 0 aliphatic heterocycles. The van der Waals surface area contributed by atoms with Crippen LogP contribution in [-0.2, 0) is 0 Å². The molecule has 1 aromatic heterocycles. The number of furan rings is 1. The maximum absolute atomic E-state index is 13.0. The van der Waals surface area contributed by atoms with Crippen molar-refractivity contribution >= 4 is 57.4 Å². The molecule has 0 unspecified atom stereocenters. The number of anilines is 1. The van der Waals surface area contributed by atoms with Crippen LogP contribution < -0.4 is 5.73 Å². The molecule has 4 aromatic rings. The van der Waals surface area contributed by atoms with Gasteiger partial charge in [-0.15, -0.1) is 11.8 Å². The number of thioether (sulfide) groups is 1. The van der Waals surface area contributed by atoms with Crippen molar-refractivity contribution in [3.8, 4) is 11.1 Å². The van der Waals surface area contributed by atoms with Crippen LogP contribution in [0.25, 0.3) is 22.1 Å². The number of carbonyl (C=O) groups is 1. The fourth-order valence-corrected chi connectivity index (χ4v) is 4.67. The van der Waals surface area contributed by atoms with Crippen molar-refractivity contribution in [2.24, 2.45) is 0 Å². The van der Waals surface area contributed by atoms with Gasteiger partial charge in [0.1, 0.15) is 5.58 Å². The number of halogens is 2. The Labute approximate surface area is 189 Å². The minimum Gasteiger partial charge on any atom is -0.450 e. The van der Waals surface area contributed by atoms with Crippen molar-refractivity contribution in [2.45, 2.75) is 24.0 Å². The molecule has 0 amide bonds. The van der Waals surface area contributed by atoms with E-state index in [0.29, 0.717) is 32.5 Å². The molecule has 6 heteroatoms. The third-order valence-corrected chi connectivity index (χ3v) is 6.19. The molecule has 0 atom stereocenters. The summed E-state index contributed by atoms with van der Waals surface area (Å²) in [7, 11) is 0. The van der Waals surface area contributed by atoms with Crippen LogP contribution >= 0.6 is 35.0 Å². The third kappa shape index (κ3) is 4.08. The van der Waals surface area contributed by atoms with Crippen molar-refractivity contribution in [3.63, 3.8) is 0 Å². The molecule has 0 radical (unpaired) electrons. The summed E-state index contributed by atoms with van der Waals surface area (Å²) in [4.78, 5) is 14.2. The molecule has 4 rings (SSSR count). The zero-order chi connectivity index (χ0) is 21.4. The highest BCUT2D eigenvalue weighted by atomic mass is 35.5. The predicted molar refractivity (Wildman–Crippen MR) is 127 cm³/mol. The van der Waals surface area contributed by atoms with Gasteiger partial charge in [-0.1, -0.05) is 55.2 Å². The number of hydrogen-bond donors (Lipinski definition) is 1. The van der Waals surface area contributed by atoms with Crippen LogP contribution in [0.5, 0.6) is 0 Å². The Kier molecular flexibility index (Phi) is 5.83. The van der Waals surface area contributed by atoms with Crippen molar-refractivity contribution in [1.82, 2.24) is 0 Å². The number of nitrogens with two attached hydrogens (primary N) is 1. The quantitative estimate of drug-likeness (QED) is 0.247. The van der Waals surface area contributed by atoms with Gasteiger partial charge >= 0.3 is 0 Å². The Balaban J connectivity index is 1.74. The lowest BCUT2D eigenvalue weighted by molar-refractivity contribution is 0.101. The molecule has 0 saturated heterocycles. The maximum atomic E-state index is 13.0. The van der Waals surface area contributed by atoms with Crippen LogP contribution in [0, 0.1) is 0 Å². The molecule has 1 heterocycles. The molecule has 152 valence electrons. The van der Waals surface area contributed by atoms with Gasteiger partial charge in [-0.25, -0.2) is 0 Å². The van der Waals surface area contributed by atoms with E-state index in [1.54, 1.807) is 12.1 Å². The molecular formula is C24H19Cl2NO2S. The van der Waals surface area contributed by atoms with E-state index in [2.05, 4.69) is 32.0 Å². The summed E-state index contributed by atoms with van der Waals surface area (Å²) in [6.45, 7) is 4.33. The molecule has 0 saturated carbocycles. The fraction of sp³-hybridized carbons (Fsp3) is 0.125. The highest BCUT2D eigenvalue weighted by Crippen LogP contribution is 2.35. The zero-order valence-electron chi connectivity index (χ0n) is 16.4. The van der Waals surface area contributed by atoms with Crippen molar-refractivity contribution in [2.75, 3.05) is 5.73 Å². The number of rotatable bonds is 5. The second-order valence-electron chi connectivity index (χ2n) is 7.20. The summed E-state index contributed by atoms with van der Waals surface area (Å²) in [5.74, 6) is -0.294. The fourth-order valence-electron chi connectivity index (χ4n) is 3.28. The number of nitrogen functional groups attached to an aromatic ring is 1. The SMILES string of the molecule is CC(C)Sc1cccc(-c2ccc3c(N)c(C(=O)c4ccc(Cl)cc4Cl)oc3c2)c1. The Morgan fingerprint density at radius 3 is 2.50 bits per heavy atom. The lowest BCUT2D eigenvalue weighted by atomic mass is 10.0. The van der Waals surface area contributed by atoms with Gasteiger partial charge in [0.15, 0.2) is 5.76 Å². The first kappa shape index (κ1) is 20.9. The minimum absolute atomic E-state index is 0.0792. The second-order valence-corrected chi connectivity index (χ2v) is 9.70. The van der Waals surface area contributed by atoms with Gasteiger partial charge in [0.2, 0.25) is 5.78 Å². The zero-order valence-corrected chi connectivity index (χ0v) is 18.7. The molecule has 0 bridgehead atoms. The highest BCUT2D eigenvalue weighted by Gasteiger charge is 2.22. The first-order valence-electron chi connectivity index (χ1n) is 9.42. The number of fused-ring (bicyclic) bond motifs is 1. The number of carbonyl (C=O) groups excluding carboxylic acids is 1. The summed E-state index contributed by atoms with van der Waals surface area (Å²) >= 11 is 13.9. The molecular weight excluding hydrogens is 437 g/mol. The Morgan fingerprint density at radius 1 is 1.00 bits per heavy atom. The van der Waals surface area contributed by atoms with E-state index in [1.807, 2.05) is 36.0 Å². The molecule has 30 heavy (non-hydrogen) atoms. The number of benzene rings is 3. The summed E-state index contributed by atoms with van der Waals surface area (Å²) < 4.78 is 5.89. The predicted octanol–water partition coefficient (Wildman–Crippen LogP) is 7.72. The largest absolute Gasteiger partial charge is 0.450 e. The van der Waals surface area contributed by atoms with Crippen LogP contribution in [-0.4, -0.2) is 11.0 Å². The van der Waals surface area contributed by atoms with E-state index in [-0.39, 0.29) is 16.6 Å². The summed E-state index contributed by atoms with van der Waals surface area (Å²) in [5, 5.41) is 1.91. The molecule has 0 spiro atoms. The molecule has 3 nitrogen and oxygen atoms in total. The molecule has 2 N–H and O–H groups in total. The highest BCUT2D eigenvalue weighted by molar-refractivity contribution is 7.99. The first-order chi connectivity index (χ1) is 14.3. The Hall–Kier alpha value is -2.40. The van der Waals surface area contributed by atoms with E-state index in [1.165, 1.54) is 11.0 Å². The average molecular weight is 456 g/mol. The van der Waals surface area contributed by atoms with Gasteiger partial charge in [-0.3, -0.25) is 4.79 Å². The summed E-state index contributed by atoms with van der Waals surface area (Å²) in [6, 6.07) is 18.8. The molecule has 0 aliphatic rings. The number of ketones is 1. The average Bonchev–Trinajstić information content (AvgIpc) is 3.03. The maximum Gasteiger partial charge on any atom is 0.231 e. The van der Waals surface area contributed by atoms with E-state index in [4.69, 9.17) is 33.4 Å². The normalized spacial score (nSPS) is 11.4. The van der Waals surface area contributed by atoms with Crippen LogP contribution in [0.2, 0.25) is 10.0 Å². The van der Waals surface area contributed by atoms with Gasteiger partial charge < -0.3 is 10.2 Å². The van der Waals surface area contributed by atoms with Crippen LogP contribution in [0.1, 0.15) is 30.0 Å². The van der Waals surface area contributed by atoms with Crippen molar-refractivity contribution in [1.29, 1.82) is 0 Å². The van der Waals surface area contributed by atoms with Gasteiger partial charge in [0.25, 0.3) is 0 Å².